The van der Waals surface area contributed by atoms with Crippen LogP contribution >= 0.6 is 0 Å². The Kier molecular flexibility index (Phi) is 11.6. The number of furan rings is 1. The molecule has 11 aromatic carbocycles. The van der Waals surface area contributed by atoms with E-state index in [1.807, 2.05) is 0 Å². The van der Waals surface area contributed by atoms with E-state index in [1.165, 1.54) is 94.4 Å². The van der Waals surface area contributed by atoms with E-state index >= 15 is 0 Å². The fraction of sp³-hybridized carbons (Fsp3) is 0.200. The first-order valence-electron chi connectivity index (χ1n) is 30.4. The van der Waals surface area contributed by atoms with E-state index in [1.54, 1.807) is 0 Å². The Labute approximate surface area is 502 Å². The molecule has 0 radical (unpaired) electrons. The van der Waals surface area contributed by atoms with Crippen molar-refractivity contribution < 1.29 is 4.42 Å². The van der Waals surface area contributed by atoms with Gasteiger partial charge in [0.1, 0.15) is 11.2 Å². The van der Waals surface area contributed by atoms with Crippen LogP contribution in [0.15, 0.2) is 223 Å². The van der Waals surface area contributed by atoms with E-state index in [4.69, 9.17) is 4.42 Å². The molecule has 416 valence electrons. The highest BCUT2D eigenvalue weighted by molar-refractivity contribution is 7.00. The van der Waals surface area contributed by atoms with Crippen LogP contribution in [0.5, 0.6) is 0 Å². The SMILES string of the molecule is CC(C)(C)c1ccc(N(c2ccc(C(C)(C)C)cc2)c2ccc3c(c2)N(c2ccc(-c4cccc5c4oc4ccccc45)cc2)c2cc(C(C)(C)C)cc4c2B3c2cc(-c3ccccc3)c3cccc5c3c2N4c2ccc(C(C)(C)C)cc2-5)cc1. The van der Waals surface area contributed by atoms with Gasteiger partial charge in [0, 0.05) is 72.8 Å². The van der Waals surface area contributed by atoms with Crippen molar-refractivity contribution in [2.75, 3.05) is 14.7 Å². The standard InChI is InChI=1S/C80H72BN3O/c1-77(2,3)51-30-37-55(38-31-51)82(56-39-32-52(33-40-56)78(4,5)6)58-41-42-66-69(47-58)83(57-35-28-50(29-36-57)59-23-18-26-63-60-22-16-17-27-72(60)85-76(59)63)70-45-54(80(10,11)12)46-71-74(70)81(66)67-48-64(49-20-14-13-15-21-49)61-24-19-25-62-65-44-53(79(7,8)9)34-43-68(65)84(71)75(67)73(61)62/h13-48H,1-12H3. The smallest absolute Gasteiger partial charge is 0.252 e. The van der Waals surface area contributed by atoms with E-state index in [-0.39, 0.29) is 28.4 Å². The van der Waals surface area contributed by atoms with Crippen LogP contribution in [-0.2, 0) is 21.7 Å². The number of rotatable bonds is 6. The number of hydrogen-bond donors (Lipinski definition) is 0. The summed E-state index contributed by atoms with van der Waals surface area (Å²) in [6.45, 7) is 27.8. The molecule has 15 rings (SSSR count). The lowest BCUT2D eigenvalue weighted by Crippen LogP contribution is -2.61. The summed E-state index contributed by atoms with van der Waals surface area (Å²) in [6.07, 6.45) is 0. The summed E-state index contributed by atoms with van der Waals surface area (Å²) < 4.78 is 6.67. The molecule has 4 heterocycles. The fourth-order valence-electron chi connectivity index (χ4n) is 14.0. The molecule has 12 aromatic rings. The van der Waals surface area contributed by atoms with Crippen LogP contribution in [0.2, 0.25) is 0 Å². The minimum atomic E-state index is -0.196. The number of para-hydroxylation sites is 2. The van der Waals surface area contributed by atoms with Crippen LogP contribution < -0.4 is 31.1 Å². The summed E-state index contributed by atoms with van der Waals surface area (Å²) in [6, 6.07) is 83.1. The molecular formula is C80H72BN3O. The van der Waals surface area contributed by atoms with Crippen LogP contribution in [-0.4, -0.2) is 6.71 Å². The van der Waals surface area contributed by atoms with Gasteiger partial charge in [0.2, 0.25) is 0 Å². The number of nitrogens with zero attached hydrogens (tertiary/aromatic N) is 3. The topological polar surface area (TPSA) is 22.9 Å². The van der Waals surface area contributed by atoms with E-state index in [0.717, 1.165) is 61.5 Å². The molecule has 0 atom stereocenters. The Balaban J connectivity index is 1.03. The van der Waals surface area contributed by atoms with Gasteiger partial charge in [-0.3, -0.25) is 0 Å². The molecule has 0 N–H and O–H groups in total. The molecule has 4 nitrogen and oxygen atoms in total. The first-order valence-corrected chi connectivity index (χ1v) is 30.4. The van der Waals surface area contributed by atoms with Gasteiger partial charge in [-0.15, -0.1) is 0 Å². The Hall–Kier alpha value is -9.06. The highest BCUT2D eigenvalue weighted by atomic mass is 16.3. The molecule has 1 aromatic heterocycles. The van der Waals surface area contributed by atoms with Gasteiger partial charge in [-0.2, -0.15) is 0 Å². The second kappa shape index (κ2) is 18.7. The Morgan fingerprint density at radius 1 is 0.353 bits per heavy atom. The van der Waals surface area contributed by atoms with Gasteiger partial charge in [-0.25, -0.2) is 0 Å². The Morgan fingerprint density at radius 2 is 0.906 bits per heavy atom. The molecule has 3 aliphatic rings. The van der Waals surface area contributed by atoms with Crippen LogP contribution in [0, 0.1) is 0 Å². The summed E-state index contributed by atoms with van der Waals surface area (Å²) in [7, 11) is 0. The van der Waals surface area contributed by atoms with Crippen molar-refractivity contribution in [2.45, 2.75) is 105 Å². The maximum absolute atomic E-state index is 6.67. The normalized spacial score (nSPS) is 13.6. The molecule has 0 saturated carbocycles. The molecular weight excluding hydrogens is 1030 g/mol. The minimum Gasteiger partial charge on any atom is -0.455 e. The van der Waals surface area contributed by atoms with Gasteiger partial charge >= 0.3 is 0 Å². The van der Waals surface area contributed by atoms with Gasteiger partial charge in [0.05, 0.1) is 5.69 Å². The first kappa shape index (κ1) is 52.7. The monoisotopic (exact) mass is 1100 g/mol. The Bertz CT molecular complexity index is 4620. The zero-order valence-corrected chi connectivity index (χ0v) is 51.1. The van der Waals surface area contributed by atoms with Crippen LogP contribution in [0.25, 0.3) is 66.1 Å². The third-order valence-electron chi connectivity index (χ3n) is 18.6. The van der Waals surface area contributed by atoms with Crippen molar-refractivity contribution in [1.29, 1.82) is 0 Å². The summed E-state index contributed by atoms with van der Waals surface area (Å²) in [4.78, 5) is 7.73. The molecule has 0 aliphatic carbocycles. The third-order valence-corrected chi connectivity index (χ3v) is 18.6. The van der Waals surface area contributed by atoms with E-state index < -0.39 is 0 Å². The molecule has 0 spiro atoms. The first-order chi connectivity index (χ1) is 40.7. The molecule has 0 bridgehead atoms. The van der Waals surface area contributed by atoms with E-state index in [2.05, 4.69) is 316 Å². The van der Waals surface area contributed by atoms with Crippen LogP contribution in [0.4, 0.5) is 51.2 Å². The summed E-state index contributed by atoms with van der Waals surface area (Å²) >= 11 is 0. The molecule has 0 fully saturated rings. The van der Waals surface area contributed by atoms with Gasteiger partial charge in [0.15, 0.2) is 0 Å². The van der Waals surface area contributed by atoms with Crippen molar-refractivity contribution in [2.24, 2.45) is 0 Å². The fourth-order valence-corrected chi connectivity index (χ4v) is 14.0. The van der Waals surface area contributed by atoms with Crippen molar-refractivity contribution in [3.8, 4) is 33.4 Å². The number of anilines is 9. The summed E-state index contributed by atoms with van der Waals surface area (Å²) in [5.41, 5.74) is 28.4. The van der Waals surface area contributed by atoms with Gasteiger partial charge in [-0.05, 0) is 167 Å². The number of fused-ring (bicyclic) bond motifs is 10. The van der Waals surface area contributed by atoms with Crippen molar-refractivity contribution >= 4 is 107 Å². The molecule has 0 amide bonds. The zero-order chi connectivity index (χ0) is 58.6. The molecule has 0 unspecified atom stereocenters. The van der Waals surface area contributed by atoms with Gasteiger partial charge in [0.25, 0.3) is 6.71 Å². The average molecular weight is 1100 g/mol. The van der Waals surface area contributed by atoms with Crippen LogP contribution in [0.3, 0.4) is 0 Å². The van der Waals surface area contributed by atoms with E-state index in [9.17, 15) is 0 Å². The predicted molar refractivity (Wildman–Crippen MR) is 365 cm³/mol. The van der Waals surface area contributed by atoms with Gasteiger partial charge in [-0.1, -0.05) is 223 Å². The van der Waals surface area contributed by atoms with Crippen LogP contribution in [0.1, 0.15) is 105 Å². The highest BCUT2D eigenvalue weighted by Gasteiger charge is 2.47. The maximum Gasteiger partial charge on any atom is 0.252 e. The largest absolute Gasteiger partial charge is 0.455 e. The van der Waals surface area contributed by atoms with Crippen molar-refractivity contribution in [1.82, 2.24) is 0 Å². The van der Waals surface area contributed by atoms with Crippen molar-refractivity contribution in [3.05, 3.63) is 241 Å². The summed E-state index contributed by atoms with van der Waals surface area (Å²) in [5, 5.41) is 4.84. The Morgan fingerprint density at radius 3 is 1.55 bits per heavy atom. The molecule has 0 saturated heterocycles. The number of benzene rings is 11. The lowest BCUT2D eigenvalue weighted by molar-refractivity contribution is 0.590. The summed E-state index contributed by atoms with van der Waals surface area (Å²) in [5.74, 6) is 0. The minimum absolute atomic E-state index is 0.00652. The predicted octanol–water partition coefficient (Wildman–Crippen LogP) is 20.8. The van der Waals surface area contributed by atoms with Crippen molar-refractivity contribution in [3.63, 3.8) is 0 Å². The maximum atomic E-state index is 6.67. The molecule has 85 heavy (non-hydrogen) atoms. The lowest BCUT2D eigenvalue weighted by Gasteiger charge is -2.47. The number of hydrogen-bond acceptors (Lipinski definition) is 4. The second-order valence-electron chi connectivity index (χ2n) is 28.2. The van der Waals surface area contributed by atoms with E-state index in [0.29, 0.717) is 0 Å². The highest BCUT2D eigenvalue weighted by Crippen LogP contribution is 2.56. The second-order valence-corrected chi connectivity index (χ2v) is 28.2. The lowest BCUT2D eigenvalue weighted by atomic mass is 9.33. The average Bonchev–Trinajstić information content (AvgIpc) is 1.10. The van der Waals surface area contributed by atoms with Gasteiger partial charge < -0.3 is 19.1 Å². The third kappa shape index (κ3) is 8.40. The molecule has 5 heteroatoms. The quantitative estimate of drug-likeness (QED) is 0.155. The zero-order valence-electron chi connectivity index (χ0n) is 51.1. The molecule has 3 aliphatic heterocycles.